The first-order chi connectivity index (χ1) is 16.7. The summed E-state index contributed by atoms with van der Waals surface area (Å²) >= 11 is 1.05. The van der Waals surface area contributed by atoms with Crippen molar-refractivity contribution in [2.45, 2.75) is 33.3 Å². The Morgan fingerprint density at radius 2 is 2.03 bits per heavy atom. The maximum absolute atomic E-state index is 12.9. The molecule has 10 nitrogen and oxygen atoms in total. The molecule has 0 spiro atoms. The van der Waals surface area contributed by atoms with Crippen LogP contribution in [0.2, 0.25) is 0 Å². The van der Waals surface area contributed by atoms with Gasteiger partial charge in [-0.05, 0) is 38.5 Å². The maximum Gasteiger partial charge on any atom is 0.348 e. The highest BCUT2D eigenvalue weighted by Gasteiger charge is 2.38. The average molecular weight is 500 g/mol. The summed E-state index contributed by atoms with van der Waals surface area (Å²) in [5, 5.41) is 0.300. The van der Waals surface area contributed by atoms with E-state index in [-0.39, 0.29) is 31.3 Å². The number of amides is 1. The smallest absolute Gasteiger partial charge is 0.348 e. The number of hydrogen-bond donors (Lipinski definition) is 1. The van der Waals surface area contributed by atoms with Gasteiger partial charge in [-0.3, -0.25) is 14.4 Å². The van der Waals surface area contributed by atoms with Crippen LogP contribution in [0.5, 0.6) is 5.75 Å². The fourth-order valence-corrected chi connectivity index (χ4v) is 5.10. The third-order valence-electron chi connectivity index (χ3n) is 5.79. The fraction of sp³-hybridized carbons (Fsp3) is 0.375. The minimum Gasteiger partial charge on any atom is -0.495 e. The van der Waals surface area contributed by atoms with Crippen LogP contribution in [0.3, 0.4) is 0 Å². The minimum absolute atomic E-state index is 0.000392. The van der Waals surface area contributed by atoms with Gasteiger partial charge in [0.05, 0.1) is 30.7 Å². The maximum atomic E-state index is 12.9. The van der Waals surface area contributed by atoms with Gasteiger partial charge < -0.3 is 24.1 Å². The lowest BCUT2D eigenvalue weighted by Gasteiger charge is -2.19. The van der Waals surface area contributed by atoms with Gasteiger partial charge in [0.1, 0.15) is 15.5 Å². The molecule has 1 N–H and O–H groups in total. The predicted octanol–water partition coefficient (Wildman–Crippen LogP) is 3.14. The molecule has 2 atom stereocenters. The monoisotopic (exact) mass is 499 g/mol. The van der Waals surface area contributed by atoms with E-state index in [0.29, 0.717) is 32.1 Å². The molecule has 1 amide bonds. The summed E-state index contributed by atoms with van der Waals surface area (Å²) < 4.78 is 15.9. The molecule has 11 heteroatoms. The SMILES string of the molecule is CCOC(=O)c1sc2nc(C(C)OC(=O)C3CC(=O)N(c4ccccc4OC)C3)[nH]c(=O)c2c1C. The molecule has 1 aliphatic rings. The number of carbonyl (C=O) groups is 3. The largest absolute Gasteiger partial charge is 0.495 e. The number of ether oxygens (including phenoxy) is 3. The molecule has 0 saturated carbocycles. The highest BCUT2D eigenvalue weighted by molar-refractivity contribution is 7.20. The van der Waals surface area contributed by atoms with E-state index in [1.807, 2.05) is 0 Å². The summed E-state index contributed by atoms with van der Waals surface area (Å²) in [4.78, 5) is 59.6. The zero-order chi connectivity index (χ0) is 25.3. The number of methoxy groups -OCH3 is 1. The number of para-hydroxylation sites is 2. The van der Waals surface area contributed by atoms with Crippen molar-refractivity contribution < 1.29 is 28.6 Å². The molecule has 0 aliphatic carbocycles. The Balaban J connectivity index is 1.51. The highest BCUT2D eigenvalue weighted by atomic mass is 32.1. The van der Waals surface area contributed by atoms with Crippen molar-refractivity contribution in [3.8, 4) is 5.75 Å². The van der Waals surface area contributed by atoms with E-state index in [4.69, 9.17) is 14.2 Å². The van der Waals surface area contributed by atoms with Gasteiger partial charge in [0, 0.05) is 13.0 Å². The third-order valence-corrected chi connectivity index (χ3v) is 6.96. The van der Waals surface area contributed by atoms with Crippen LogP contribution in [0, 0.1) is 12.8 Å². The zero-order valence-electron chi connectivity index (χ0n) is 19.7. The van der Waals surface area contributed by atoms with E-state index in [1.165, 1.54) is 12.0 Å². The van der Waals surface area contributed by atoms with Gasteiger partial charge in [0.15, 0.2) is 11.9 Å². The number of H-pyrrole nitrogens is 1. The van der Waals surface area contributed by atoms with E-state index >= 15 is 0 Å². The Labute approximate surface area is 204 Å². The van der Waals surface area contributed by atoms with Gasteiger partial charge in [-0.15, -0.1) is 11.3 Å². The van der Waals surface area contributed by atoms with Crippen LogP contribution in [0.4, 0.5) is 5.69 Å². The molecule has 1 saturated heterocycles. The van der Waals surface area contributed by atoms with Gasteiger partial charge in [0.25, 0.3) is 5.56 Å². The summed E-state index contributed by atoms with van der Waals surface area (Å²) in [6, 6.07) is 7.08. The van der Waals surface area contributed by atoms with E-state index in [2.05, 4.69) is 9.97 Å². The molecular formula is C24H25N3O7S. The first kappa shape index (κ1) is 24.4. The molecule has 2 aromatic heterocycles. The van der Waals surface area contributed by atoms with Crippen LogP contribution in [0.1, 0.15) is 47.4 Å². The summed E-state index contributed by atoms with van der Waals surface area (Å²) in [5.41, 5.74) is 0.648. The number of aromatic amines is 1. The van der Waals surface area contributed by atoms with E-state index in [0.717, 1.165) is 11.3 Å². The molecule has 1 fully saturated rings. The highest BCUT2D eigenvalue weighted by Crippen LogP contribution is 2.34. The molecule has 35 heavy (non-hydrogen) atoms. The third kappa shape index (κ3) is 4.63. The molecule has 4 rings (SSSR count). The van der Waals surface area contributed by atoms with E-state index in [1.54, 1.807) is 45.0 Å². The lowest BCUT2D eigenvalue weighted by Crippen LogP contribution is -2.27. The summed E-state index contributed by atoms with van der Waals surface area (Å²) in [6.45, 7) is 5.32. The fourth-order valence-electron chi connectivity index (χ4n) is 4.02. The summed E-state index contributed by atoms with van der Waals surface area (Å²) in [6.07, 6.45) is -0.872. The number of aromatic nitrogens is 2. The molecule has 3 heterocycles. The van der Waals surface area contributed by atoms with Crippen LogP contribution in [0.15, 0.2) is 29.1 Å². The average Bonchev–Trinajstić information content (AvgIpc) is 3.39. The van der Waals surface area contributed by atoms with Crippen molar-refractivity contribution in [3.63, 3.8) is 0 Å². The van der Waals surface area contributed by atoms with Gasteiger partial charge >= 0.3 is 11.9 Å². The number of fused-ring (bicyclic) bond motifs is 1. The number of thiophene rings is 1. The van der Waals surface area contributed by atoms with Gasteiger partial charge in [0.2, 0.25) is 5.91 Å². The molecule has 1 aromatic carbocycles. The molecule has 3 aromatic rings. The topological polar surface area (TPSA) is 128 Å². The first-order valence-corrected chi connectivity index (χ1v) is 11.9. The Morgan fingerprint density at radius 1 is 1.29 bits per heavy atom. The second kappa shape index (κ2) is 9.87. The lowest BCUT2D eigenvalue weighted by atomic mass is 10.1. The van der Waals surface area contributed by atoms with Crippen molar-refractivity contribution in [1.82, 2.24) is 9.97 Å². The number of anilines is 1. The number of rotatable bonds is 7. The number of hydrogen-bond acceptors (Lipinski definition) is 9. The summed E-state index contributed by atoms with van der Waals surface area (Å²) in [5.74, 6) is -1.29. The standard InChI is InChI=1S/C24H25N3O7S/c1-5-33-24(31)19-12(2)18-21(29)25-20(26-22(18)35-19)13(3)34-23(30)14-10-17(28)27(11-14)15-8-6-7-9-16(15)32-4/h6-9,13-14H,5,10-11H2,1-4H3,(H,25,26,29). The lowest BCUT2D eigenvalue weighted by molar-refractivity contribution is -0.153. The van der Waals surface area contributed by atoms with Crippen molar-refractivity contribution in [3.05, 3.63) is 50.9 Å². The second-order valence-electron chi connectivity index (χ2n) is 8.06. The second-order valence-corrected chi connectivity index (χ2v) is 9.06. The number of nitrogens with zero attached hydrogens (tertiary/aromatic N) is 2. The number of benzene rings is 1. The molecule has 0 bridgehead atoms. The van der Waals surface area contributed by atoms with E-state index in [9.17, 15) is 19.2 Å². The van der Waals surface area contributed by atoms with Crippen LogP contribution < -0.4 is 15.2 Å². The Kier molecular flexibility index (Phi) is 6.88. The number of aryl methyl sites for hydroxylation is 1. The predicted molar refractivity (Wildman–Crippen MR) is 129 cm³/mol. The van der Waals surface area contributed by atoms with Gasteiger partial charge in [-0.25, -0.2) is 9.78 Å². The normalized spacial score (nSPS) is 16.4. The van der Waals surface area contributed by atoms with Crippen molar-refractivity contribution >= 4 is 45.1 Å². The van der Waals surface area contributed by atoms with Gasteiger partial charge in [-0.1, -0.05) is 12.1 Å². The van der Waals surface area contributed by atoms with Crippen molar-refractivity contribution in [2.24, 2.45) is 5.92 Å². The number of esters is 2. The quantitative estimate of drug-likeness (QED) is 0.491. The molecule has 184 valence electrons. The van der Waals surface area contributed by atoms with Crippen LogP contribution >= 0.6 is 11.3 Å². The minimum atomic E-state index is -0.872. The van der Waals surface area contributed by atoms with Crippen LogP contribution in [-0.2, 0) is 19.1 Å². The molecule has 0 radical (unpaired) electrons. The summed E-state index contributed by atoms with van der Waals surface area (Å²) in [7, 11) is 1.52. The molecular weight excluding hydrogens is 474 g/mol. The first-order valence-electron chi connectivity index (χ1n) is 11.1. The molecule has 1 aliphatic heterocycles. The Bertz CT molecular complexity index is 1360. The van der Waals surface area contributed by atoms with Crippen molar-refractivity contribution in [2.75, 3.05) is 25.2 Å². The Hall–Kier alpha value is -3.73. The molecule has 2 unspecified atom stereocenters. The number of carbonyl (C=O) groups excluding carboxylic acids is 3. The zero-order valence-corrected chi connectivity index (χ0v) is 20.6. The van der Waals surface area contributed by atoms with Crippen molar-refractivity contribution in [1.29, 1.82) is 0 Å². The van der Waals surface area contributed by atoms with Crippen LogP contribution in [0.25, 0.3) is 10.2 Å². The van der Waals surface area contributed by atoms with Crippen LogP contribution in [-0.4, -0.2) is 48.1 Å². The van der Waals surface area contributed by atoms with Gasteiger partial charge in [-0.2, -0.15) is 0 Å². The number of nitrogens with one attached hydrogen (secondary N) is 1. The Morgan fingerprint density at radius 3 is 2.74 bits per heavy atom. The van der Waals surface area contributed by atoms with E-state index < -0.39 is 29.5 Å².